The number of esters is 1. The van der Waals surface area contributed by atoms with Gasteiger partial charge in [0.25, 0.3) is 0 Å². The average Bonchev–Trinajstić information content (AvgIpc) is 2.84. The number of carbonyl (C=O) groups is 1. The number of likely N-dealkylation sites (tertiary alicyclic amines) is 1. The molecule has 0 spiro atoms. The van der Waals surface area contributed by atoms with Crippen molar-refractivity contribution in [2.24, 2.45) is 11.8 Å². The van der Waals surface area contributed by atoms with Gasteiger partial charge in [-0.3, -0.25) is 0 Å². The smallest absolute Gasteiger partial charge is 0.350 e. The largest absolute Gasteiger partial charge is 0.465 e. The molecule has 0 amide bonds. The number of methoxy groups -OCH3 is 1. The van der Waals surface area contributed by atoms with E-state index in [1.807, 2.05) is 11.4 Å². The van der Waals surface area contributed by atoms with Gasteiger partial charge in [0.1, 0.15) is 4.88 Å². The van der Waals surface area contributed by atoms with Crippen LogP contribution in [-0.2, 0) is 4.74 Å². The zero-order valence-corrected chi connectivity index (χ0v) is 13.6. The van der Waals surface area contributed by atoms with E-state index in [1.165, 1.54) is 24.9 Å². The maximum atomic E-state index is 11.6. The zero-order chi connectivity index (χ0) is 14.7. The lowest BCUT2D eigenvalue weighted by Gasteiger charge is -2.36. The molecule has 2 rings (SSSR count). The van der Waals surface area contributed by atoms with E-state index in [0.717, 1.165) is 18.8 Å². The van der Waals surface area contributed by atoms with Crippen molar-refractivity contribution in [2.45, 2.75) is 20.3 Å². The van der Waals surface area contributed by atoms with Crippen LogP contribution in [0.5, 0.6) is 0 Å². The molecule has 1 aromatic rings. The number of nitrogens with zero attached hydrogens (tertiary/aromatic N) is 1. The fraction of sp³-hybridized carbons (Fsp3) is 0.571. The number of rotatable bonds is 2. The van der Waals surface area contributed by atoms with Crippen molar-refractivity contribution in [3.63, 3.8) is 0 Å². The second kappa shape index (κ2) is 6.54. The molecule has 20 heavy (non-hydrogen) atoms. The lowest BCUT2D eigenvalue weighted by atomic mass is 9.92. The maximum absolute atomic E-state index is 11.6. The van der Waals surface area contributed by atoms with E-state index in [4.69, 9.17) is 17.0 Å². The number of anilines is 1. The molecule has 1 fully saturated rings. The van der Waals surface area contributed by atoms with Crippen molar-refractivity contribution < 1.29 is 9.53 Å². The summed E-state index contributed by atoms with van der Waals surface area (Å²) in [7, 11) is 1.39. The molecule has 0 aliphatic carbocycles. The Labute approximate surface area is 129 Å². The van der Waals surface area contributed by atoms with Crippen LogP contribution in [-0.4, -0.2) is 36.2 Å². The predicted octanol–water partition coefficient (Wildman–Crippen LogP) is 3.21. The van der Waals surface area contributed by atoms with Gasteiger partial charge in [-0.15, -0.1) is 11.3 Å². The summed E-state index contributed by atoms with van der Waals surface area (Å²) in [6.45, 7) is 6.42. The van der Waals surface area contributed by atoms with Crippen LogP contribution in [0.4, 0.5) is 5.69 Å². The molecule has 0 unspecified atom stereocenters. The van der Waals surface area contributed by atoms with Crippen LogP contribution in [0.25, 0.3) is 0 Å². The Morgan fingerprint density at radius 3 is 2.70 bits per heavy atom. The quantitative estimate of drug-likeness (QED) is 0.671. The minimum atomic E-state index is -0.328. The van der Waals surface area contributed by atoms with Gasteiger partial charge in [0.15, 0.2) is 5.11 Å². The molecule has 0 bridgehead atoms. The number of piperidine rings is 1. The topological polar surface area (TPSA) is 41.6 Å². The summed E-state index contributed by atoms with van der Waals surface area (Å²) in [6.07, 6.45) is 1.24. The molecule has 0 radical (unpaired) electrons. The normalized spacial score (nSPS) is 22.4. The number of hydrogen-bond acceptors (Lipinski definition) is 4. The molecule has 1 saturated heterocycles. The van der Waals surface area contributed by atoms with Crippen LogP contribution in [0.2, 0.25) is 0 Å². The van der Waals surface area contributed by atoms with Crippen LogP contribution < -0.4 is 5.32 Å². The van der Waals surface area contributed by atoms with Crippen LogP contribution in [0.15, 0.2) is 11.4 Å². The highest BCUT2D eigenvalue weighted by molar-refractivity contribution is 7.80. The van der Waals surface area contributed by atoms with Gasteiger partial charge >= 0.3 is 5.97 Å². The van der Waals surface area contributed by atoms with Gasteiger partial charge in [0.2, 0.25) is 0 Å². The van der Waals surface area contributed by atoms with E-state index in [0.29, 0.717) is 21.8 Å². The van der Waals surface area contributed by atoms with Crippen molar-refractivity contribution in [1.82, 2.24) is 4.90 Å². The number of nitrogens with one attached hydrogen (secondary N) is 1. The first-order valence-electron chi connectivity index (χ1n) is 6.73. The maximum Gasteiger partial charge on any atom is 0.350 e. The third-order valence-corrected chi connectivity index (χ3v) is 4.69. The molecular weight excluding hydrogens is 292 g/mol. The van der Waals surface area contributed by atoms with E-state index >= 15 is 0 Å². The molecule has 110 valence electrons. The molecule has 4 nitrogen and oxygen atoms in total. The minimum Gasteiger partial charge on any atom is -0.465 e. The Hall–Kier alpha value is -1.14. The van der Waals surface area contributed by atoms with Crippen molar-refractivity contribution in [1.29, 1.82) is 0 Å². The molecule has 2 heterocycles. The molecule has 1 aliphatic rings. The fourth-order valence-corrected chi connectivity index (χ4v) is 3.71. The van der Waals surface area contributed by atoms with E-state index in [-0.39, 0.29) is 5.97 Å². The van der Waals surface area contributed by atoms with Crippen molar-refractivity contribution >= 4 is 40.3 Å². The summed E-state index contributed by atoms with van der Waals surface area (Å²) in [6, 6.07) is 1.86. The monoisotopic (exact) mass is 312 g/mol. The van der Waals surface area contributed by atoms with E-state index in [9.17, 15) is 4.79 Å². The Morgan fingerprint density at radius 2 is 2.10 bits per heavy atom. The molecule has 1 N–H and O–H groups in total. The SMILES string of the molecule is COC(=O)c1sccc1NC(=S)N1C[C@@H](C)C[C@H](C)C1. The Morgan fingerprint density at radius 1 is 1.45 bits per heavy atom. The first-order valence-corrected chi connectivity index (χ1v) is 8.01. The lowest BCUT2D eigenvalue weighted by Crippen LogP contribution is -2.44. The highest BCUT2D eigenvalue weighted by Crippen LogP contribution is 2.25. The van der Waals surface area contributed by atoms with Gasteiger partial charge in [-0.25, -0.2) is 4.79 Å². The van der Waals surface area contributed by atoms with Crippen molar-refractivity contribution in [2.75, 3.05) is 25.5 Å². The summed E-state index contributed by atoms with van der Waals surface area (Å²) < 4.78 is 4.77. The molecule has 1 aromatic heterocycles. The molecule has 0 saturated carbocycles. The molecular formula is C14H20N2O2S2. The second-order valence-corrected chi connectivity index (χ2v) is 6.74. The van der Waals surface area contributed by atoms with Crippen LogP contribution in [0, 0.1) is 11.8 Å². The third kappa shape index (κ3) is 3.49. The number of hydrogen-bond donors (Lipinski definition) is 1. The average molecular weight is 312 g/mol. The first-order chi connectivity index (χ1) is 9.51. The molecule has 0 aromatic carbocycles. The summed E-state index contributed by atoms with van der Waals surface area (Å²) in [5.74, 6) is 0.952. The molecule has 6 heteroatoms. The fourth-order valence-electron chi connectivity index (χ4n) is 2.68. The summed E-state index contributed by atoms with van der Waals surface area (Å²) in [5, 5.41) is 5.73. The zero-order valence-electron chi connectivity index (χ0n) is 12.0. The molecule has 2 atom stereocenters. The van der Waals surface area contributed by atoms with Gasteiger partial charge in [-0.05, 0) is 41.9 Å². The third-order valence-electron chi connectivity index (χ3n) is 3.43. The Bertz CT molecular complexity index is 491. The van der Waals surface area contributed by atoms with Crippen LogP contribution in [0.1, 0.15) is 29.9 Å². The van der Waals surface area contributed by atoms with Gasteiger partial charge < -0.3 is 15.0 Å². The van der Waals surface area contributed by atoms with E-state index < -0.39 is 0 Å². The van der Waals surface area contributed by atoms with E-state index in [1.54, 1.807) is 0 Å². The Balaban J connectivity index is 2.04. The van der Waals surface area contributed by atoms with E-state index in [2.05, 4.69) is 24.1 Å². The second-order valence-electron chi connectivity index (χ2n) is 5.44. The number of carbonyl (C=O) groups excluding carboxylic acids is 1. The van der Waals surface area contributed by atoms with Gasteiger partial charge in [-0.1, -0.05) is 13.8 Å². The number of thiocarbonyl (C=S) groups is 1. The minimum absolute atomic E-state index is 0.328. The van der Waals surface area contributed by atoms with Gasteiger partial charge in [0, 0.05) is 13.1 Å². The van der Waals surface area contributed by atoms with Crippen LogP contribution >= 0.6 is 23.6 Å². The van der Waals surface area contributed by atoms with Crippen molar-refractivity contribution in [3.05, 3.63) is 16.3 Å². The molecule has 1 aliphatic heterocycles. The predicted molar refractivity (Wildman–Crippen MR) is 86.4 cm³/mol. The number of ether oxygens (including phenoxy) is 1. The van der Waals surface area contributed by atoms with Gasteiger partial charge in [-0.2, -0.15) is 0 Å². The van der Waals surface area contributed by atoms with Gasteiger partial charge in [0.05, 0.1) is 12.8 Å². The highest BCUT2D eigenvalue weighted by Gasteiger charge is 2.24. The number of thiophene rings is 1. The lowest BCUT2D eigenvalue weighted by molar-refractivity contribution is 0.0607. The standard InChI is InChI=1S/C14H20N2O2S2/c1-9-6-10(2)8-16(7-9)14(19)15-11-4-5-20-12(11)13(17)18-3/h4-5,9-10H,6-8H2,1-3H3,(H,15,19)/t9-,10-/m0/s1. The summed E-state index contributed by atoms with van der Waals surface area (Å²) >= 11 is 6.83. The highest BCUT2D eigenvalue weighted by atomic mass is 32.1. The van der Waals surface area contributed by atoms with Crippen LogP contribution in [0.3, 0.4) is 0 Å². The Kier molecular flexibility index (Phi) is 4.99. The first kappa shape index (κ1) is 15.3. The van der Waals surface area contributed by atoms with Crippen molar-refractivity contribution in [3.8, 4) is 0 Å². The summed E-state index contributed by atoms with van der Waals surface area (Å²) in [5.41, 5.74) is 0.734. The summed E-state index contributed by atoms with van der Waals surface area (Å²) in [4.78, 5) is 14.4.